The first-order valence-electron chi connectivity index (χ1n) is 7.98. The van der Waals surface area contributed by atoms with Crippen molar-refractivity contribution in [1.82, 2.24) is 4.98 Å². The van der Waals surface area contributed by atoms with Gasteiger partial charge in [0.25, 0.3) is 0 Å². The van der Waals surface area contributed by atoms with Gasteiger partial charge in [-0.1, -0.05) is 18.2 Å². The van der Waals surface area contributed by atoms with Crippen LogP contribution in [0, 0.1) is 13.8 Å². The van der Waals surface area contributed by atoms with Crippen molar-refractivity contribution in [3.05, 3.63) is 58.3 Å². The molecule has 1 heterocycles. The van der Waals surface area contributed by atoms with Gasteiger partial charge in [0.15, 0.2) is 0 Å². The van der Waals surface area contributed by atoms with E-state index in [0.29, 0.717) is 29.4 Å². The van der Waals surface area contributed by atoms with Crippen molar-refractivity contribution in [2.75, 3.05) is 20.0 Å². The molecule has 0 saturated carbocycles. The molecule has 0 radical (unpaired) electrons. The van der Waals surface area contributed by atoms with Crippen molar-refractivity contribution in [3.8, 4) is 5.88 Å². The molecule has 2 rings (SSSR count). The van der Waals surface area contributed by atoms with E-state index >= 15 is 0 Å². The first kappa shape index (κ1) is 19.1. The highest BCUT2D eigenvalue weighted by atomic mass is 32.2. The molecule has 1 aromatic carbocycles. The van der Waals surface area contributed by atoms with Gasteiger partial charge >= 0.3 is 5.97 Å². The van der Waals surface area contributed by atoms with E-state index in [-0.39, 0.29) is 5.97 Å². The molecule has 0 amide bonds. The minimum atomic E-state index is -1.10. The van der Waals surface area contributed by atoms with Gasteiger partial charge in [-0.15, -0.1) is 0 Å². The predicted octanol–water partition coefficient (Wildman–Crippen LogP) is 2.99. The van der Waals surface area contributed by atoms with Crippen molar-refractivity contribution >= 4 is 16.8 Å². The maximum absolute atomic E-state index is 12.6. The first-order chi connectivity index (χ1) is 12.0. The van der Waals surface area contributed by atoms with Crippen LogP contribution in [0.15, 0.2) is 30.3 Å². The Kier molecular flexibility index (Phi) is 6.70. The molecule has 1 unspecified atom stereocenters. The summed E-state index contributed by atoms with van der Waals surface area (Å²) >= 11 is 0. The molecule has 5 nitrogen and oxygen atoms in total. The van der Waals surface area contributed by atoms with Crippen molar-refractivity contribution < 1.29 is 18.5 Å². The molecule has 2 aromatic rings. The standard InChI is InChI=1S/C19H23NO4S/c1-13-11-14(2)20-18(23-3)17(13)12-25(22)10-9-15-7-5-6-8-16(15)19(21)24-4/h5-8,11H,9-10,12H2,1-4H3. The van der Waals surface area contributed by atoms with Gasteiger partial charge in [0.2, 0.25) is 5.88 Å². The molecule has 0 N–H and O–H groups in total. The fourth-order valence-corrected chi connectivity index (χ4v) is 3.94. The van der Waals surface area contributed by atoms with Crippen LogP contribution in [-0.2, 0) is 27.7 Å². The Hall–Kier alpha value is -2.21. The third-order valence-corrected chi connectivity index (χ3v) is 5.23. The quantitative estimate of drug-likeness (QED) is 0.709. The third kappa shape index (κ3) is 4.89. The highest BCUT2D eigenvalue weighted by molar-refractivity contribution is 7.84. The van der Waals surface area contributed by atoms with Crippen LogP contribution in [0.5, 0.6) is 5.88 Å². The topological polar surface area (TPSA) is 65.5 Å². The number of esters is 1. The fourth-order valence-electron chi connectivity index (χ4n) is 2.68. The normalized spacial score (nSPS) is 11.8. The largest absolute Gasteiger partial charge is 0.481 e. The van der Waals surface area contributed by atoms with E-state index < -0.39 is 10.8 Å². The third-order valence-electron chi connectivity index (χ3n) is 3.96. The molecule has 0 aliphatic carbocycles. The Balaban J connectivity index is 2.09. The number of carbonyl (C=O) groups is 1. The fraction of sp³-hybridized carbons (Fsp3) is 0.368. The molecule has 6 heteroatoms. The number of methoxy groups -OCH3 is 2. The zero-order valence-corrected chi connectivity index (χ0v) is 15.8. The van der Waals surface area contributed by atoms with E-state index in [2.05, 4.69) is 4.98 Å². The summed E-state index contributed by atoms with van der Waals surface area (Å²) in [6.45, 7) is 3.87. The maximum Gasteiger partial charge on any atom is 0.338 e. The molecule has 0 saturated heterocycles. The summed E-state index contributed by atoms with van der Waals surface area (Å²) in [5.74, 6) is 0.982. The highest BCUT2D eigenvalue weighted by Crippen LogP contribution is 2.22. The Morgan fingerprint density at radius 3 is 2.60 bits per heavy atom. The van der Waals surface area contributed by atoms with E-state index in [9.17, 15) is 9.00 Å². The molecule has 1 aromatic heterocycles. The summed E-state index contributed by atoms with van der Waals surface area (Å²) in [5.41, 5.74) is 4.12. The number of rotatable bonds is 7. The summed E-state index contributed by atoms with van der Waals surface area (Å²) in [5, 5.41) is 0. The molecule has 0 spiro atoms. The number of carbonyl (C=O) groups excluding carboxylic acids is 1. The molecule has 0 aliphatic rings. The van der Waals surface area contributed by atoms with Crippen LogP contribution in [0.1, 0.15) is 32.7 Å². The molecule has 1 atom stereocenters. The molecule has 134 valence electrons. The molecule has 0 fully saturated rings. The van der Waals surface area contributed by atoms with Crippen molar-refractivity contribution in [3.63, 3.8) is 0 Å². The lowest BCUT2D eigenvalue weighted by Crippen LogP contribution is -2.11. The van der Waals surface area contributed by atoms with Crippen molar-refractivity contribution in [2.45, 2.75) is 26.0 Å². The number of hydrogen-bond donors (Lipinski definition) is 0. The molecule has 0 aliphatic heterocycles. The Labute approximate surface area is 150 Å². The number of aryl methyl sites for hydroxylation is 3. The summed E-state index contributed by atoms with van der Waals surface area (Å²) in [6.07, 6.45) is 0.540. The first-order valence-corrected chi connectivity index (χ1v) is 9.47. The number of ether oxygens (including phenoxy) is 2. The lowest BCUT2D eigenvalue weighted by molar-refractivity contribution is 0.0599. The number of nitrogens with zero attached hydrogens (tertiary/aromatic N) is 1. The summed E-state index contributed by atoms with van der Waals surface area (Å²) < 4.78 is 22.7. The van der Waals surface area contributed by atoms with Crippen LogP contribution in [0.25, 0.3) is 0 Å². The Bertz CT molecular complexity index is 789. The molecule has 0 bridgehead atoms. The molecular formula is C19H23NO4S. The van der Waals surface area contributed by atoms with Crippen LogP contribution in [-0.4, -0.2) is 35.1 Å². The lowest BCUT2D eigenvalue weighted by Gasteiger charge is -2.12. The van der Waals surface area contributed by atoms with Crippen molar-refractivity contribution in [1.29, 1.82) is 0 Å². The predicted molar refractivity (Wildman–Crippen MR) is 98.5 cm³/mol. The van der Waals surface area contributed by atoms with Crippen LogP contribution in [0.4, 0.5) is 0 Å². The summed E-state index contributed by atoms with van der Waals surface area (Å²) in [6, 6.07) is 9.20. The average Bonchev–Trinajstić information content (AvgIpc) is 2.61. The second-order valence-corrected chi connectivity index (χ2v) is 7.33. The van der Waals surface area contributed by atoms with E-state index in [1.807, 2.05) is 32.0 Å². The van der Waals surface area contributed by atoms with Gasteiger partial charge in [0, 0.05) is 27.8 Å². The average molecular weight is 361 g/mol. The van der Waals surface area contributed by atoms with Gasteiger partial charge in [-0.25, -0.2) is 9.78 Å². The van der Waals surface area contributed by atoms with Gasteiger partial charge in [0.05, 0.1) is 25.5 Å². The summed E-state index contributed by atoms with van der Waals surface area (Å²) in [4.78, 5) is 16.2. The number of pyridine rings is 1. The lowest BCUT2D eigenvalue weighted by atomic mass is 10.1. The van der Waals surface area contributed by atoms with Gasteiger partial charge in [-0.05, 0) is 43.5 Å². The minimum Gasteiger partial charge on any atom is -0.481 e. The van der Waals surface area contributed by atoms with Gasteiger partial charge in [-0.3, -0.25) is 4.21 Å². The van der Waals surface area contributed by atoms with E-state index in [4.69, 9.17) is 9.47 Å². The minimum absolute atomic E-state index is 0.373. The van der Waals surface area contributed by atoms with Gasteiger partial charge < -0.3 is 9.47 Å². The molecule has 25 heavy (non-hydrogen) atoms. The summed E-state index contributed by atoms with van der Waals surface area (Å²) in [7, 11) is 1.83. The Morgan fingerprint density at radius 2 is 1.92 bits per heavy atom. The number of benzene rings is 1. The monoisotopic (exact) mass is 361 g/mol. The van der Waals surface area contributed by atoms with Gasteiger partial charge in [0.1, 0.15) is 0 Å². The van der Waals surface area contributed by atoms with E-state index in [1.54, 1.807) is 19.2 Å². The number of aromatic nitrogens is 1. The van der Waals surface area contributed by atoms with Crippen LogP contribution in [0.3, 0.4) is 0 Å². The van der Waals surface area contributed by atoms with Gasteiger partial charge in [-0.2, -0.15) is 0 Å². The SMILES string of the molecule is COC(=O)c1ccccc1CCS(=O)Cc1c(C)cc(C)nc1OC. The van der Waals surface area contributed by atoms with Crippen LogP contribution >= 0.6 is 0 Å². The second-order valence-electron chi connectivity index (χ2n) is 5.76. The zero-order chi connectivity index (χ0) is 18.4. The van der Waals surface area contributed by atoms with Crippen molar-refractivity contribution in [2.24, 2.45) is 0 Å². The molecular weight excluding hydrogens is 338 g/mol. The smallest absolute Gasteiger partial charge is 0.338 e. The highest BCUT2D eigenvalue weighted by Gasteiger charge is 2.15. The maximum atomic E-state index is 12.6. The number of hydrogen-bond acceptors (Lipinski definition) is 5. The van der Waals surface area contributed by atoms with E-state index in [0.717, 1.165) is 22.4 Å². The zero-order valence-electron chi connectivity index (χ0n) is 15.0. The second kappa shape index (κ2) is 8.76. The Morgan fingerprint density at radius 1 is 1.20 bits per heavy atom. The van der Waals surface area contributed by atoms with E-state index in [1.165, 1.54) is 7.11 Å². The van der Waals surface area contributed by atoms with Crippen LogP contribution in [0.2, 0.25) is 0 Å². The van der Waals surface area contributed by atoms with Crippen LogP contribution < -0.4 is 4.74 Å².